The highest BCUT2D eigenvalue weighted by Gasteiger charge is 2.24. The average molecular weight is 306 g/mol. The van der Waals surface area contributed by atoms with E-state index in [0.717, 1.165) is 24.6 Å². The summed E-state index contributed by atoms with van der Waals surface area (Å²) >= 11 is 1.15. The van der Waals surface area contributed by atoms with Gasteiger partial charge in [0.2, 0.25) is 5.82 Å². The monoisotopic (exact) mass is 306 g/mol. The summed E-state index contributed by atoms with van der Waals surface area (Å²) in [5.41, 5.74) is 0. The maximum Gasteiger partial charge on any atom is 0.200 e. The van der Waals surface area contributed by atoms with Gasteiger partial charge in [0.1, 0.15) is 0 Å². The fraction of sp³-hybridized carbons (Fsp3) is 0.500. The van der Waals surface area contributed by atoms with Gasteiger partial charge in [-0.05, 0) is 25.0 Å². The number of hydrogen-bond acceptors (Lipinski definition) is 6. The number of nitrogens with zero attached hydrogens (tertiary/aromatic N) is 3. The van der Waals surface area contributed by atoms with Crippen LogP contribution in [0, 0.1) is 0 Å². The van der Waals surface area contributed by atoms with E-state index < -0.39 is 5.97 Å². The maximum atomic E-state index is 10.7. The van der Waals surface area contributed by atoms with E-state index in [1.54, 1.807) is 6.26 Å². The van der Waals surface area contributed by atoms with E-state index in [9.17, 15) is 9.90 Å². The molecule has 7 heteroatoms. The van der Waals surface area contributed by atoms with E-state index in [2.05, 4.69) is 10.2 Å². The van der Waals surface area contributed by atoms with Crippen molar-refractivity contribution in [2.45, 2.75) is 43.3 Å². The molecule has 112 valence electrons. The second-order valence-electron chi connectivity index (χ2n) is 5.11. The third-order valence-electron chi connectivity index (χ3n) is 3.67. The van der Waals surface area contributed by atoms with Crippen molar-refractivity contribution in [2.75, 3.05) is 5.75 Å². The van der Waals surface area contributed by atoms with Gasteiger partial charge in [-0.2, -0.15) is 0 Å². The Balaban J connectivity index is 1.94. The van der Waals surface area contributed by atoms with Gasteiger partial charge in [-0.1, -0.05) is 31.0 Å². The molecule has 1 saturated carbocycles. The lowest BCUT2D eigenvalue weighted by Gasteiger charge is -2.25. The van der Waals surface area contributed by atoms with Crippen molar-refractivity contribution in [3.63, 3.8) is 0 Å². The first-order chi connectivity index (χ1) is 10.3. The highest BCUT2D eigenvalue weighted by atomic mass is 32.2. The Hall–Kier alpha value is -1.76. The number of rotatable bonds is 5. The van der Waals surface area contributed by atoms with E-state index >= 15 is 0 Å². The van der Waals surface area contributed by atoms with Crippen LogP contribution in [0.2, 0.25) is 0 Å². The molecule has 0 unspecified atom stereocenters. The molecule has 2 heterocycles. The largest absolute Gasteiger partial charge is 0.549 e. The zero-order valence-corrected chi connectivity index (χ0v) is 12.3. The van der Waals surface area contributed by atoms with Crippen molar-refractivity contribution in [2.24, 2.45) is 0 Å². The number of carbonyl (C=O) groups excluding carboxylic acids is 1. The minimum Gasteiger partial charge on any atom is -0.549 e. The molecular formula is C14H16N3O3S-. The molecule has 0 atom stereocenters. The number of carboxylic acid groups (broad SMARTS) is 1. The standard InChI is InChI=1S/C14H17N3O3S/c18-12(19)9-21-14-16-15-13(11-7-4-8-20-11)17(14)10-5-2-1-3-6-10/h4,7-8,10H,1-3,5-6,9H2,(H,18,19)/p-1. The Morgan fingerprint density at radius 2 is 2.19 bits per heavy atom. The van der Waals surface area contributed by atoms with Crippen LogP contribution in [-0.2, 0) is 4.79 Å². The Morgan fingerprint density at radius 3 is 2.86 bits per heavy atom. The summed E-state index contributed by atoms with van der Waals surface area (Å²) in [5.74, 6) is 0.113. The van der Waals surface area contributed by atoms with E-state index in [4.69, 9.17) is 4.42 Å². The summed E-state index contributed by atoms with van der Waals surface area (Å²) in [7, 11) is 0. The molecule has 2 aromatic rings. The molecule has 2 aromatic heterocycles. The summed E-state index contributed by atoms with van der Waals surface area (Å²) in [6, 6.07) is 3.96. The molecule has 21 heavy (non-hydrogen) atoms. The van der Waals surface area contributed by atoms with Gasteiger partial charge in [-0.3, -0.25) is 4.57 Å². The summed E-state index contributed by atoms with van der Waals surface area (Å²) < 4.78 is 7.46. The summed E-state index contributed by atoms with van der Waals surface area (Å²) in [4.78, 5) is 10.7. The van der Waals surface area contributed by atoms with Crippen LogP contribution in [-0.4, -0.2) is 26.5 Å². The van der Waals surface area contributed by atoms with Crippen LogP contribution in [0.15, 0.2) is 28.0 Å². The second kappa shape index (κ2) is 6.34. The molecule has 0 N–H and O–H groups in total. The van der Waals surface area contributed by atoms with Crippen molar-refractivity contribution in [3.8, 4) is 11.6 Å². The molecular weight excluding hydrogens is 290 g/mol. The second-order valence-corrected chi connectivity index (χ2v) is 6.05. The van der Waals surface area contributed by atoms with Gasteiger partial charge >= 0.3 is 0 Å². The lowest BCUT2D eigenvalue weighted by atomic mass is 9.95. The van der Waals surface area contributed by atoms with Crippen molar-refractivity contribution in [1.29, 1.82) is 0 Å². The Bertz CT molecular complexity index is 603. The van der Waals surface area contributed by atoms with Gasteiger partial charge in [0.25, 0.3) is 0 Å². The van der Waals surface area contributed by atoms with Gasteiger partial charge < -0.3 is 14.3 Å². The number of carboxylic acids is 1. The lowest BCUT2D eigenvalue weighted by molar-refractivity contribution is -0.301. The first kappa shape index (κ1) is 14.2. The quantitative estimate of drug-likeness (QED) is 0.784. The van der Waals surface area contributed by atoms with Crippen LogP contribution in [0.25, 0.3) is 11.6 Å². The number of hydrogen-bond donors (Lipinski definition) is 0. The SMILES string of the molecule is O=C([O-])CSc1nnc(-c2ccco2)n1C1CCCCC1. The number of furan rings is 1. The van der Waals surface area contributed by atoms with E-state index in [0.29, 0.717) is 22.8 Å². The van der Waals surface area contributed by atoms with Crippen molar-refractivity contribution in [3.05, 3.63) is 18.4 Å². The number of thioether (sulfide) groups is 1. The zero-order valence-electron chi connectivity index (χ0n) is 11.5. The van der Waals surface area contributed by atoms with Gasteiger partial charge in [0, 0.05) is 11.8 Å². The molecule has 0 spiro atoms. The number of carbonyl (C=O) groups is 1. The first-order valence-corrected chi connectivity index (χ1v) is 8.05. The molecule has 0 aliphatic heterocycles. The van der Waals surface area contributed by atoms with Crippen LogP contribution in [0.1, 0.15) is 38.1 Å². The fourth-order valence-electron chi connectivity index (χ4n) is 2.74. The average Bonchev–Trinajstić information content (AvgIpc) is 3.15. The highest BCUT2D eigenvalue weighted by Crippen LogP contribution is 2.35. The maximum absolute atomic E-state index is 10.7. The predicted octanol–water partition coefficient (Wildman–Crippen LogP) is 1.89. The molecule has 0 saturated heterocycles. The predicted molar refractivity (Wildman–Crippen MR) is 75.6 cm³/mol. The van der Waals surface area contributed by atoms with Gasteiger partial charge in [-0.15, -0.1) is 10.2 Å². The molecule has 1 fully saturated rings. The molecule has 0 bridgehead atoms. The third-order valence-corrected chi connectivity index (χ3v) is 4.58. The summed E-state index contributed by atoms with van der Waals surface area (Å²) in [6.45, 7) is 0. The molecule has 0 radical (unpaired) electrons. The normalized spacial score (nSPS) is 16.2. The van der Waals surface area contributed by atoms with E-state index in [1.807, 2.05) is 16.7 Å². The minimum absolute atomic E-state index is 0.122. The molecule has 1 aliphatic rings. The summed E-state index contributed by atoms with van der Waals surface area (Å²) in [5, 5.41) is 19.7. The van der Waals surface area contributed by atoms with Crippen LogP contribution in [0.4, 0.5) is 0 Å². The van der Waals surface area contributed by atoms with Crippen molar-refractivity contribution >= 4 is 17.7 Å². The Kier molecular flexibility index (Phi) is 4.28. The third kappa shape index (κ3) is 3.12. The Labute approximate surface area is 126 Å². The van der Waals surface area contributed by atoms with Crippen molar-refractivity contribution in [1.82, 2.24) is 14.8 Å². The topological polar surface area (TPSA) is 84.0 Å². The van der Waals surface area contributed by atoms with Gasteiger partial charge in [0.15, 0.2) is 10.9 Å². The Morgan fingerprint density at radius 1 is 1.38 bits per heavy atom. The lowest BCUT2D eigenvalue weighted by Crippen LogP contribution is -2.24. The smallest absolute Gasteiger partial charge is 0.200 e. The molecule has 6 nitrogen and oxygen atoms in total. The first-order valence-electron chi connectivity index (χ1n) is 7.07. The zero-order chi connectivity index (χ0) is 14.7. The number of aromatic nitrogens is 3. The van der Waals surface area contributed by atoms with Crippen LogP contribution < -0.4 is 5.11 Å². The highest BCUT2D eigenvalue weighted by molar-refractivity contribution is 7.99. The molecule has 0 aromatic carbocycles. The van der Waals surface area contributed by atoms with Gasteiger partial charge in [-0.25, -0.2) is 0 Å². The van der Waals surface area contributed by atoms with E-state index in [1.165, 1.54) is 19.3 Å². The number of aliphatic carboxylic acids is 1. The molecule has 3 rings (SSSR count). The van der Waals surface area contributed by atoms with Crippen LogP contribution in [0.5, 0.6) is 0 Å². The van der Waals surface area contributed by atoms with Crippen molar-refractivity contribution < 1.29 is 14.3 Å². The van der Waals surface area contributed by atoms with Gasteiger partial charge in [0.05, 0.1) is 12.2 Å². The van der Waals surface area contributed by atoms with Crippen LogP contribution in [0.3, 0.4) is 0 Å². The van der Waals surface area contributed by atoms with E-state index in [-0.39, 0.29) is 5.75 Å². The minimum atomic E-state index is -1.10. The molecule has 1 aliphatic carbocycles. The van der Waals surface area contributed by atoms with Crippen LogP contribution >= 0.6 is 11.8 Å². The molecule has 0 amide bonds. The fourth-order valence-corrected chi connectivity index (χ4v) is 3.46. The summed E-state index contributed by atoms with van der Waals surface area (Å²) in [6.07, 6.45) is 7.31.